The number of rotatable bonds is 6. The number of aliphatic carboxylic acids is 1. The Kier molecular flexibility index (Phi) is 5.09. The molecule has 1 aromatic rings. The summed E-state index contributed by atoms with van der Waals surface area (Å²) in [6, 6.07) is 5.20. The minimum Gasteiger partial charge on any atom is -0.481 e. The van der Waals surface area contributed by atoms with E-state index in [-0.39, 0.29) is 38.0 Å². The summed E-state index contributed by atoms with van der Waals surface area (Å²) in [4.78, 5) is 16.4. The Morgan fingerprint density at radius 2 is 2.19 bits per heavy atom. The first-order valence-electron chi connectivity index (χ1n) is 8.65. The molecule has 140 valence electrons. The van der Waals surface area contributed by atoms with E-state index in [1.807, 2.05) is 13.8 Å². The van der Waals surface area contributed by atoms with Gasteiger partial charge < -0.3 is 9.84 Å². The molecule has 0 aromatic carbocycles. The Balaban J connectivity index is 1.71. The van der Waals surface area contributed by atoms with Crippen LogP contribution in [0.5, 0.6) is 5.88 Å². The summed E-state index contributed by atoms with van der Waals surface area (Å²) < 4.78 is 35.2. The number of carboxylic acid groups (broad SMARTS) is 1. The Morgan fingerprint density at radius 3 is 2.81 bits per heavy atom. The molecule has 1 N–H and O–H groups in total. The lowest BCUT2D eigenvalue weighted by Gasteiger charge is -2.47. The predicted molar refractivity (Wildman–Crippen MR) is 92.9 cm³/mol. The molecule has 1 fully saturated rings. The lowest BCUT2D eigenvalue weighted by Crippen LogP contribution is -2.58. The van der Waals surface area contributed by atoms with Gasteiger partial charge in [0.25, 0.3) is 0 Å². The van der Waals surface area contributed by atoms with Crippen molar-refractivity contribution in [2.24, 2.45) is 5.92 Å². The van der Waals surface area contributed by atoms with Gasteiger partial charge in [0.05, 0.1) is 18.2 Å². The van der Waals surface area contributed by atoms with E-state index in [2.05, 4.69) is 4.98 Å². The van der Waals surface area contributed by atoms with Crippen molar-refractivity contribution in [2.75, 3.05) is 13.1 Å². The molecule has 3 rings (SSSR count). The summed E-state index contributed by atoms with van der Waals surface area (Å²) in [5.74, 6) is -3.70. The van der Waals surface area contributed by atoms with E-state index in [0.717, 1.165) is 6.08 Å². The standard InChI is InChI=1S/C19H22F2N2O3/c1-12(2)26-17-5-3-4-15(22-17)14-6-7-19(21,16(20)9-14)23-10-13(11-23)8-18(24)25/h3-6,9,12-13H,7-8,10-11H2,1-2H3,(H,24,25). The molecule has 1 unspecified atom stereocenters. The molecule has 0 amide bonds. The van der Waals surface area contributed by atoms with E-state index in [9.17, 15) is 9.18 Å². The van der Waals surface area contributed by atoms with Crippen LogP contribution in [-0.4, -0.2) is 45.9 Å². The van der Waals surface area contributed by atoms with Gasteiger partial charge in [0, 0.05) is 25.6 Å². The van der Waals surface area contributed by atoms with Crippen LogP contribution in [0.2, 0.25) is 0 Å². The first-order chi connectivity index (χ1) is 12.3. The fourth-order valence-electron chi connectivity index (χ4n) is 3.23. The maximum absolute atomic E-state index is 15.1. The highest BCUT2D eigenvalue weighted by Gasteiger charge is 2.48. The molecule has 2 aliphatic rings. The number of aromatic nitrogens is 1. The SMILES string of the molecule is CC(C)Oc1cccc(C2=CCC(F)(N3CC(CC(=O)O)C3)C(F)=C2)n1. The number of pyridine rings is 1. The molecule has 1 atom stereocenters. The van der Waals surface area contributed by atoms with Gasteiger partial charge in [0.1, 0.15) is 0 Å². The van der Waals surface area contributed by atoms with Crippen molar-refractivity contribution in [1.82, 2.24) is 9.88 Å². The molecule has 1 saturated heterocycles. The molecule has 1 aromatic heterocycles. The summed E-state index contributed by atoms with van der Waals surface area (Å²) in [6.45, 7) is 4.25. The number of hydrogen-bond acceptors (Lipinski definition) is 4. The Morgan fingerprint density at radius 1 is 1.46 bits per heavy atom. The second-order valence-electron chi connectivity index (χ2n) is 7.01. The second kappa shape index (κ2) is 7.15. The van der Waals surface area contributed by atoms with E-state index < -0.39 is 17.6 Å². The number of carbonyl (C=O) groups is 1. The largest absolute Gasteiger partial charge is 0.481 e. The topological polar surface area (TPSA) is 62.7 Å². The van der Waals surface area contributed by atoms with E-state index in [1.54, 1.807) is 24.3 Å². The number of halogens is 2. The van der Waals surface area contributed by atoms with Gasteiger partial charge >= 0.3 is 5.97 Å². The van der Waals surface area contributed by atoms with Crippen molar-refractivity contribution in [3.05, 3.63) is 41.9 Å². The van der Waals surface area contributed by atoms with E-state index >= 15 is 4.39 Å². The highest BCUT2D eigenvalue weighted by atomic mass is 19.2. The van der Waals surface area contributed by atoms with Gasteiger partial charge in [0.15, 0.2) is 5.83 Å². The molecule has 1 aliphatic heterocycles. The Hall–Kier alpha value is -2.28. The average molecular weight is 364 g/mol. The van der Waals surface area contributed by atoms with Gasteiger partial charge in [0.2, 0.25) is 11.7 Å². The number of hydrogen-bond donors (Lipinski definition) is 1. The molecule has 7 heteroatoms. The molecule has 1 aliphatic carbocycles. The zero-order valence-electron chi connectivity index (χ0n) is 14.8. The fourth-order valence-corrected chi connectivity index (χ4v) is 3.23. The maximum atomic E-state index is 15.1. The van der Waals surface area contributed by atoms with Crippen molar-refractivity contribution in [1.29, 1.82) is 0 Å². The number of alkyl halides is 1. The first-order valence-corrected chi connectivity index (χ1v) is 8.65. The van der Waals surface area contributed by atoms with Gasteiger partial charge in [-0.05, 0) is 37.5 Å². The van der Waals surface area contributed by atoms with Gasteiger partial charge in [-0.2, -0.15) is 0 Å². The van der Waals surface area contributed by atoms with Crippen LogP contribution in [-0.2, 0) is 4.79 Å². The first kappa shape index (κ1) is 18.5. The van der Waals surface area contributed by atoms with Crippen molar-refractivity contribution in [3.8, 4) is 5.88 Å². The lowest BCUT2D eigenvalue weighted by atomic mass is 9.89. The summed E-state index contributed by atoms with van der Waals surface area (Å²) >= 11 is 0. The smallest absolute Gasteiger partial charge is 0.303 e. The predicted octanol–water partition coefficient (Wildman–Crippen LogP) is 3.58. The van der Waals surface area contributed by atoms with E-state index in [4.69, 9.17) is 9.84 Å². The van der Waals surface area contributed by atoms with Crippen molar-refractivity contribution in [3.63, 3.8) is 0 Å². The van der Waals surface area contributed by atoms with Crippen molar-refractivity contribution >= 4 is 11.5 Å². The second-order valence-corrected chi connectivity index (χ2v) is 7.01. The van der Waals surface area contributed by atoms with Crippen LogP contribution in [0.15, 0.2) is 36.2 Å². The summed E-state index contributed by atoms with van der Waals surface area (Å²) in [7, 11) is 0. The van der Waals surface area contributed by atoms with Gasteiger partial charge in [-0.15, -0.1) is 0 Å². The van der Waals surface area contributed by atoms with Crippen LogP contribution < -0.4 is 4.74 Å². The summed E-state index contributed by atoms with van der Waals surface area (Å²) in [6.07, 6.45) is 2.59. The molecule has 0 bridgehead atoms. The molecule has 26 heavy (non-hydrogen) atoms. The number of ether oxygens (including phenoxy) is 1. The van der Waals surface area contributed by atoms with Crippen LogP contribution in [0.4, 0.5) is 8.78 Å². The molecule has 0 radical (unpaired) electrons. The average Bonchev–Trinajstić information content (AvgIpc) is 2.52. The number of allylic oxidation sites excluding steroid dienone is 2. The lowest BCUT2D eigenvalue weighted by molar-refractivity contribution is -0.143. The zero-order valence-corrected chi connectivity index (χ0v) is 14.8. The quantitative estimate of drug-likeness (QED) is 0.782. The fraction of sp³-hybridized carbons (Fsp3) is 0.474. The maximum Gasteiger partial charge on any atom is 0.303 e. The zero-order chi connectivity index (χ0) is 18.9. The third-order valence-electron chi connectivity index (χ3n) is 4.54. The van der Waals surface area contributed by atoms with Gasteiger partial charge in [-0.25, -0.2) is 13.8 Å². The summed E-state index contributed by atoms with van der Waals surface area (Å²) in [5.41, 5.74) is 1.03. The molecule has 0 saturated carbocycles. The minimum atomic E-state index is -2.20. The number of carboxylic acids is 1. The molecule has 0 spiro atoms. The van der Waals surface area contributed by atoms with Crippen LogP contribution in [0.1, 0.15) is 32.4 Å². The molecule has 5 nitrogen and oxygen atoms in total. The van der Waals surface area contributed by atoms with E-state index in [1.165, 1.54) is 4.90 Å². The van der Waals surface area contributed by atoms with Gasteiger partial charge in [-0.3, -0.25) is 9.69 Å². The van der Waals surface area contributed by atoms with Crippen molar-refractivity contribution in [2.45, 2.75) is 38.6 Å². The Bertz CT molecular complexity index is 757. The number of likely N-dealkylation sites (tertiary alicyclic amines) is 1. The molecular weight excluding hydrogens is 342 g/mol. The molecular formula is C19H22F2N2O3. The highest BCUT2D eigenvalue weighted by Crippen LogP contribution is 2.42. The number of nitrogens with zero attached hydrogens (tertiary/aromatic N) is 2. The molecule has 2 heterocycles. The highest BCUT2D eigenvalue weighted by molar-refractivity contribution is 5.74. The Labute approximate surface area is 151 Å². The van der Waals surface area contributed by atoms with Crippen molar-refractivity contribution < 1.29 is 23.4 Å². The normalized spacial score (nSPS) is 24.0. The van der Waals surface area contributed by atoms with Crippen LogP contribution in [0.3, 0.4) is 0 Å². The summed E-state index contributed by atoms with van der Waals surface area (Å²) in [5, 5.41) is 8.78. The van der Waals surface area contributed by atoms with Crippen LogP contribution in [0, 0.1) is 5.92 Å². The van der Waals surface area contributed by atoms with Crippen LogP contribution in [0.25, 0.3) is 5.57 Å². The van der Waals surface area contributed by atoms with Gasteiger partial charge in [-0.1, -0.05) is 12.1 Å². The van der Waals surface area contributed by atoms with E-state index in [0.29, 0.717) is 17.1 Å². The monoisotopic (exact) mass is 364 g/mol. The minimum absolute atomic E-state index is 0.0223. The van der Waals surface area contributed by atoms with Crippen LogP contribution >= 0.6 is 0 Å². The third kappa shape index (κ3) is 3.77. The third-order valence-corrected chi connectivity index (χ3v) is 4.54.